The average molecular weight is 443 g/mol. The van der Waals surface area contributed by atoms with Crippen LogP contribution in [-0.2, 0) is 10.0 Å². The molecule has 0 saturated carbocycles. The molecule has 1 saturated heterocycles. The quantitative estimate of drug-likeness (QED) is 0.644. The van der Waals surface area contributed by atoms with Crippen LogP contribution in [0.1, 0.15) is 36.5 Å². The Morgan fingerprint density at radius 3 is 2.63 bits per heavy atom. The van der Waals surface area contributed by atoms with Crippen molar-refractivity contribution >= 4 is 32.4 Å². The van der Waals surface area contributed by atoms with Crippen LogP contribution in [0.25, 0.3) is 11.4 Å². The van der Waals surface area contributed by atoms with E-state index in [-0.39, 0.29) is 16.8 Å². The van der Waals surface area contributed by atoms with Gasteiger partial charge >= 0.3 is 0 Å². The maximum absolute atomic E-state index is 12.9. The molecule has 30 heavy (non-hydrogen) atoms. The highest BCUT2D eigenvalue weighted by Gasteiger charge is 2.30. The number of rotatable bonds is 5. The van der Waals surface area contributed by atoms with Crippen molar-refractivity contribution in [2.75, 3.05) is 11.9 Å². The highest BCUT2D eigenvalue weighted by atomic mass is 32.2. The number of hydrogen-bond acceptors (Lipinski definition) is 6. The van der Waals surface area contributed by atoms with Crippen LogP contribution in [-0.4, -0.2) is 41.2 Å². The molecule has 1 N–H and O–H groups in total. The number of piperidine rings is 1. The summed E-state index contributed by atoms with van der Waals surface area (Å²) in [6.07, 6.45) is 4.48. The van der Waals surface area contributed by atoms with Gasteiger partial charge in [-0.2, -0.15) is 4.31 Å². The molecule has 1 aromatic carbocycles. The summed E-state index contributed by atoms with van der Waals surface area (Å²) in [6, 6.07) is 11.6. The highest BCUT2D eigenvalue weighted by molar-refractivity contribution is 7.89. The van der Waals surface area contributed by atoms with E-state index in [9.17, 15) is 13.2 Å². The van der Waals surface area contributed by atoms with Crippen LogP contribution in [0.2, 0.25) is 0 Å². The topological polar surface area (TPSA) is 92.3 Å². The molecule has 0 bridgehead atoms. The summed E-state index contributed by atoms with van der Waals surface area (Å²) in [5, 5.41) is 5.04. The van der Waals surface area contributed by atoms with Crippen molar-refractivity contribution in [1.29, 1.82) is 0 Å². The number of pyridine rings is 1. The van der Waals surface area contributed by atoms with Gasteiger partial charge in [-0.3, -0.25) is 15.1 Å². The van der Waals surface area contributed by atoms with Crippen LogP contribution >= 0.6 is 11.3 Å². The maximum Gasteiger partial charge on any atom is 0.257 e. The first-order valence-electron chi connectivity index (χ1n) is 9.75. The summed E-state index contributed by atoms with van der Waals surface area (Å²) >= 11 is 1.31. The molecule has 156 valence electrons. The van der Waals surface area contributed by atoms with Gasteiger partial charge in [-0.05, 0) is 56.2 Å². The fourth-order valence-corrected chi connectivity index (χ4v) is 5.87. The first-order valence-corrected chi connectivity index (χ1v) is 12.1. The highest BCUT2D eigenvalue weighted by Crippen LogP contribution is 2.26. The third kappa shape index (κ3) is 4.28. The van der Waals surface area contributed by atoms with Gasteiger partial charge in [-0.15, -0.1) is 11.3 Å². The minimum Gasteiger partial charge on any atom is -0.298 e. The summed E-state index contributed by atoms with van der Waals surface area (Å²) in [7, 11) is -3.56. The molecule has 3 heterocycles. The molecule has 1 aliphatic rings. The predicted octanol–water partition coefficient (Wildman–Crippen LogP) is 4.02. The second-order valence-electron chi connectivity index (χ2n) is 7.19. The van der Waals surface area contributed by atoms with Crippen LogP contribution in [0.4, 0.5) is 5.13 Å². The zero-order valence-corrected chi connectivity index (χ0v) is 18.1. The Bertz CT molecular complexity index is 1130. The van der Waals surface area contributed by atoms with Crippen molar-refractivity contribution in [3.05, 3.63) is 59.6 Å². The van der Waals surface area contributed by atoms with Crippen molar-refractivity contribution in [2.45, 2.75) is 37.1 Å². The fraction of sp³-hybridized carbons (Fsp3) is 0.286. The van der Waals surface area contributed by atoms with Gasteiger partial charge in [0.2, 0.25) is 10.0 Å². The summed E-state index contributed by atoms with van der Waals surface area (Å²) < 4.78 is 27.4. The first-order chi connectivity index (χ1) is 14.4. The Morgan fingerprint density at radius 2 is 1.93 bits per heavy atom. The number of nitrogens with one attached hydrogen (secondary N) is 1. The van der Waals surface area contributed by atoms with E-state index in [0.29, 0.717) is 22.9 Å². The molecule has 1 atom stereocenters. The van der Waals surface area contributed by atoms with Gasteiger partial charge in [-0.25, -0.2) is 13.4 Å². The van der Waals surface area contributed by atoms with Gasteiger partial charge in [-0.1, -0.05) is 12.5 Å². The molecule has 1 fully saturated rings. The maximum atomic E-state index is 12.9. The number of hydrogen-bond donors (Lipinski definition) is 1. The monoisotopic (exact) mass is 442 g/mol. The Hall–Kier alpha value is -2.62. The molecule has 0 radical (unpaired) electrons. The van der Waals surface area contributed by atoms with Crippen LogP contribution in [0, 0.1) is 0 Å². The lowest BCUT2D eigenvalue weighted by atomic mass is 10.1. The molecule has 7 nitrogen and oxygen atoms in total. The molecule has 4 rings (SSSR count). The molecule has 9 heteroatoms. The number of amides is 1. The lowest BCUT2D eigenvalue weighted by Crippen LogP contribution is -2.41. The number of nitrogens with zero attached hydrogens (tertiary/aromatic N) is 3. The van der Waals surface area contributed by atoms with Crippen molar-refractivity contribution in [3.8, 4) is 11.4 Å². The lowest BCUT2D eigenvalue weighted by molar-refractivity contribution is 0.102. The van der Waals surface area contributed by atoms with E-state index in [1.54, 1.807) is 10.5 Å². The third-order valence-electron chi connectivity index (χ3n) is 5.12. The van der Waals surface area contributed by atoms with Crippen LogP contribution in [0.3, 0.4) is 0 Å². The van der Waals surface area contributed by atoms with Crippen molar-refractivity contribution in [1.82, 2.24) is 14.3 Å². The molecule has 1 aliphatic heterocycles. The Morgan fingerprint density at radius 1 is 1.13 bits per heavy atom. The van der Waals surface area contributed by atoms with E-state index >= 15 is 0 Å². The van der Waals surface area contributed by atoms with Crippen LogP contribution < -0.4 is 5.32 Å². The zero-order chi connectivity index (χ0) is 21.1. The van der Waals surface area contributed by atoms with E-state index in [1.807, 2.05) is 30.5 Å². The number of aromatic nitrogens is 2. The molecule has 2 aromatic heterocycles. The molecular formula is C21H22N4O3S2. The number of benzene rings is 1. The van der Waals surface area contributed by atoms with Crippen LogP contribution in [0.15, 0.2) is 58.9 Å². The number of carbonyl (C=O) groups is 1. The Balaban J connectivity index is 1.46. The van der Waals surface area contributed by atoms with Crippen LogP contribution in [0.5, 0.6) is 0 Å². The van der Waals surface area contributed by atoms with E-state index in [0.717, 1.165) is 25.0 Å². The number of carbonyl (C=O) groups excluding carboxylic acids is 1. The lowest BCUT2D eigenvalue weighted by Gasteiger charge is -2.32. The third-order valence-corrected chi connectivity index (χ3v) is 7.90. The molecular weight excluding hydrogens is 420 g/mol. The second-order valence-corrected chi connectivity index (χ2v) is 9.94. The van der Waals surface area contributed by atoms with Gasteiger partial charge in [0, 0.05) is 29.7 Å². The normalized spacial score (nSPS) is 17.6. The molecule has 0 spiro atoms. The minimum absolute atomic E-state index is 0.00933. The summed E-state index contributed by atoms with van der Waals surface area (Å²) in [4.78, 5) is 21.4. The number of thiazole rings is 1. The molecule has 0 aliphatic carbocycles. The smallest absolute Gasteiger partial charge is 0.257 e. The predicted molar refractivity (Wildman–Crippen MR) is 117 cm³/mol. The summed E-state index contributed by atoms with van der Waals surface area (Å²) in [5.41, 5.74) is 1.79. The largest absolute Gasteiger partial charge is 0.298 e. The standard InChI is InChI=1S/C21H22N4O3S2/c1-15-6-3-5-13-25(15)30(27,28)17-10-8-16(9-11-17)20(26)24-21-23-19(14-29-21)18-7-2-4-12-22-18/h2,4,7-12,14-15H,3,5-6,13H2,1H3,(H,23,24,26)/t15-/m0/s1. The summed E-state index contributed by atoms with van der Waals surface area (Å²) in [6.45, 7) is 2.47. The van der Waals surface area contributed by atoms with Gasteiger partial charge in [0.1, 0.15) is 5.69 Å². The van der Waals surface area contributed by atoms with E-state index < -0.39 is 10.0 Å². The van der Waals surface area contributed by atoms with Gasteiger partial charge in [0.05, 0.1) is 10.6 Å². The summed E-state index contributed by atoms with van der Waals surface area (Å²) in [5.74, 6) is -0.341. The van der Waals surface area contributed by atoms with Crippen molar-refractivity contribution < 1.29 is 13.2 Å². The SMILES string of the molecule is C[C@H]1CCCCN1S(=O)(=O)c1ccc(C(=O)Nc2nc(-c3ccccn3)cs2)cc1. The van der Waals surface area contributed by atoms with E-state index in [2.05, 4.69) is 15.3 Å². The van der Waals surface area contributed by atoms with Gasteiger partial charge < -0.3 is 0 Å². The average Bonchev–Trinajstić information content (AvgIpc) is 3.23. The van der Waals surface area contributed by atoms with Gasteiger partial charge in [0.25, 0.3) is 5.91 Å². The minimum atomic E-state index is -3.56. The number of sulfonamides is 1. The number of anilines is 1. The molecule has 0 unspecified atom stereocenters. The fourth-order valence-electron chi connectivity index (χ4n) is 3.47. The molecule has 3 aromatic rings. The first kappa shape index (κ1) is 20.6. The molecule has 1 amide bonds. The van der Waals surface area contributed by atoms with E-state index in [4.69, 9.17) is 0 Å². The van der Waals surface area contributed by atoms with Gasteiger partial charge in [0.15, 0.2) is 5.13 Å². The zero-order valence-electron chi connectivity index (χ0n) is 16.5. The van der Waals surface area contributed by atoms with Crippen molar-refractivity contribution in [2.24, 2.45) is 0 Å². The Kier molecular flexibility index (Phi) is 5.94. The second kappa shape index (κ2) is 8.63. The van der Waals surface area contributed by atoms with E-state index in [1.165, 1.54) is 35.6 Å². The Labute approximate surface area is 179 Å². The van der Waals surface area contributed by atoms with Crippen molar-refractivity contribution in [3.63, 3.8) is 0 Å².